The fourth-order valence-corrected chi connectivity index (χ4v) is 4.53. The standard InChI is InChI=1S/C25H30N4O2/c1-3-27-21-10-8-20(13-21)25(30)28-22(15-26)12-17-4-6-18(7-5-17)19-9-11-24-23(14-19)29(2)16-31-24/h4-7,9,11,14,20-22,27H,3,8,10,12-13,16H2,1-2H3,(H,28,30). The maximum absolute atomic E-state index is 12.6. The minimum absolute atomic E-state index is 0.00389. The molecule has 2 aromatic carbocycles. The van der Waals surface area contributed by atoms with Crippen molar-refractivity contribution in [3.63, 3.8) is 0 Å². The number of carbonyl (C=O) groups is 1. The zero-order valence-electron chi connectivity index (χ0n) is 18.2. The molecule has 3 atom stereocenters. The number of ether oxygens (including phenoxy) is 1. The van der Waals surface area contributed by atoms with Gasteiger partial charge in [-0.3, -0.25) is 4.79 Å². The fourth-order valence-electron chi connectivity index (χ4n) is 4.53. The van der Waals surface area contributed by atoms with E-state index in [0.29, 0.717) is 19.2 Å². The Bertz CT molecular complexity index is 966. The van der Waals surface area contributed by atoms with Crippen molar-refractivity contribution in [2.75, 3.05) is 25.2 Å². The third kappa shape index (κ3) is 4.83. The third-order valence-electron chi connectivity index (χ3n) is 6.28. The lowest BCUT2D eigenvalue weighted by molar-refractivity contribution is -0.125. The van der Waals surface area contributed by atoms with Crippen LogP contribution in [0, 0.1) is 17.2 Å². The lowest BCUT2D eigenvalue weighted by Gasteiger charge is -2.16. The number of hydrogen-bond acceptors (Lipinski definition) is 5. The molecule has 6 nitrogen and oxygen atoms in total. The van der Waals surface area contributed by atoms with Gasteiger partial charge in [0.1, 0.15) is 11.8 Å². The van der Waals surface area contributed by atoms with E-state index in [0.717, 1.165) is 53.9 Å². The van der Waals surface area contributed by atoms with Crippen molar-refractivity contribution in [2.24, 2.45) is 5.92 Å². The molecule has 0 bridgehead atoms. The quantitative estimate of drug-likeness (QED) is 0.720. The molecule has 2 aromatic rings. The maximum atomic E-state index is 12.6. The van der Waals surface area contributed by atoms with Gasteiger partial charge in [0, 0.05) is 25.4 Å². The number of anilines is 1. The average Bonchev–Trinajstić information content (AvgIpc) is 3.41. The number of rotatable bonds is 7. The smallest absolute Gasteiger partial charge is 0.224 e. The second-order valence-electron chi connectivity index (χ2n) is 8.51. The van der Waals surface area contributed by atoms with Gasteiger partial charge in [0.2, 0.25) is 5.91 Å². The highest BCUT2D eigenvalue weighted by molar-refractivity contribution is 5.79. The molecule has 0 aromatic heterocycles. The molecule has 3 unspecified atom stereocenters. The van der Waals surface area contributed by atoms with Crippen LogP contribution in [0.25, 0.3) is 11.1 Å². The Morgan fingerprint density at radius 2 is 2.00 bits per heavy atom. The Hall–Kier alpha value is -3.04. The van der Waals surface area contributed by atoms with Gasteiger partial charge in [0.25, 0.3) is 0 Å². The Labute approximate surface area is 184 Å². The molecular formula is C25H30N4O2. The number of benzene rings is 2. The molecule has 2 N–H and O–H groups in total. The van der Waals surface area contributed by atoms with E-state index in [4.69, 9.17) is 4.74 Å². The molecule has 0 saturated heterocycles. The summed E-state index contributed by atoms with van der Waals surface area (Å²) in [5.41, 5.74) is 4.38. The van der Waals surface area contributed by atoms with E-state index >= 15 is 0 Å². The van der Waals surface area contributed by atoms with E-state index in [9.17, 15) is 10.1 Å². The first-order chi connectivity index (χ1) is 15.1. The topological polar surface area (TPSA) is 77.4 Å². The predicted octanol–water partition coefficient (Wildman–Crippen LogP) is 3.47. The first-order valence-corrected chi connectivity index (χ1v) is 11.1. The molecule has 1 amide bonds. The van der Waals surface area contributed by atoms with Crippen molar-refractivity contribution < 1.29 is 9.53 Å². The summed E-state index contributed by atoms with van der Waals surface area (Å²) < 4.78 is 5.62. The lowest BCUT2D eigenvalue weighted by atomic mass is 9.99. The summed E-state index contributed by atoms with van der Waals surface area (Å²) in [7, 11) is 2.01. The fraction of sp³-hybridized carbons (Fsp3) is 0.440. The second-order valence-corrected chi connectivity index (χ2v) is 8.51. The normalized spacial score (nSPS) is 20.6. The third-order valence-corrected chi connectivity index (χ3v) is 6.28. The van der Waals surface area contributed by atoms with Gasteiger partial charge in [0.05, 0.1) is 11.8 Å². The van der Waals surface area contributed by atoms with Crippen LogP contribution in [-0.2, 0) is 11.2 Å². The van der Waals surface area contributed by atoms with Gasteiger partial charge >= 0.3 is 0 Å². The molecule has 2 aliphatic rings. The van der Waals surface area contributed by atoms with E-state index in [-0.39, 0.29) is 11.8 Å². The van der Waals surface area contributed by atoms with Gasteiger partial charge in [0.15, 0.2) is 6.73 Å². The second kappa shape index (κ2) is 9.40. The van der Waals surface area contributed by atoms with Crippen LogP contribution in [0.5, 0.6) is 5.75 Å². The van der Waals surface area contributed by atoms with Crippen molar-refractivity contribution in [3.8, 4) is 22.9 Å². The first kappa shape index (κ1) is 21.2. The van der Waals surface area contributed by atoms with Crippen LogP contribution < -0.4 is 20.3 Å². The van der Waals surface area contributed by atoms with Crippen molar-refractivity contribution in [2.45, 2.75) is 44.7 Å². The van der Waals surface area contributed by atoms with E-state index < -0.39 is 6.04 Å². The largest absolute Gasteiger partial charge is 0.471 e. The van der Waals surface area contributed by atoms with Crippen LogP contribution >= 0.6 is 0 Å². The summed E-state index contributed by atoms with van der Waals surface area (Å²) >= 11 is 0. The molecule has 1 aliphatic heterocycles. The highest BCUT2D eigenvalue weighted by Crippen LogP contribution is 2.36. The van der Waals surface area contributed by atoms with Gasteiger partial charge < -0.3 is 20.3 Å². The maximum Gasteiger partial charge on any atom is 0.224 e. The Balaban J connectivity index is 1.36. The Kier molecular flexibility index (Phi) is 6.43. The molecule has 0 radical (unpaired) electrons. The van der Waals surface area contributed by atoms with Gasteiger partial charge in [-0.1, -0.05) is 37.3 Å². The van der Waals surface area contributed by atoms with Crippen molar-refractivity contribution in [1.29, 1.82) is 5.26 Å². The number of nitrogens with one attached hydrogen (secondary N) is 2. The Morgan fingerprint density at radius 1 is 1.23 bits per heavy atom. The number of nitrogens with zero attached hydrogens (tertiary/aromatic N) is 2. The highest BCUT2D eigenvalue weighted by atomic mass is 16.5. The number of carbonyl (C=O) groups excluding carboxylic acids is 1. The minimum atomic E-state index is -0.512. The van der Waals surface area contributed by atoms with E-state index in [1.807, 2.05) is 25.2 Å². The molecule has 31 heavy (non-hydrogen) atoms. The van der Waals surface area contributed by atoms with Crippen molar-refractivity contribution in [1.82, 2.24) is 10.6 Å². The summed E-state index contributed by atoms with van der Waals surface area (Å²) in [6, 6.07) is 16.6. The van der Waals surface area contributed by atoms with Crippen LogP contribution in [0.3, 0.4) is 0 Å². The minimum Gasteiger partial charge on any atom is -0.471 e. The first-order valence-electron chi connectivity index (χ1n) is 11.1. The SMILES string of the molecule is CCNC1CCC(C(=O)NC(C#N)Cc2ccc(-c3ccc4c(c3)N(C)CO4)cc2)C1. The molecular weight excluding hydrogens is 388 g/mol. The molecule has 1 heterocycles. The number of amides is 1. The van der Waals surface area contributed by atoms with Crippen molar-refractivity contribution >= 4 is 11.6 Å². The number of nitriles is 1. The van der Waals surface area contributed by atoms with Crippen LogP contribution in [0.1, 0.15) is 31.7 Å². The van der Waals surface area contributed by atoms with E-state index in [2.05, 4.69) is 52.8 Å². The van der Waals surface area contributed by atoms with Crippen LogP contribution in [0.2, 0.25) is 0 Å². The van der Waals surface area contributed by atoms with Crippen molar-refractivity contribution in [3.05, 3.63) is 48.0 Å². The van der Waals surface area contributed by atoms with Gasteiger partial charge in [-0.15, -0.1) is 0 Å². The molecule has 4 rings (SSSR count). The summed E-state index contributed by atoms with van der Waals surface area (Å²) in [6.07, 6.45) is 3.27. The number of hydrogen-bond donors (Lipinski definition) is 2. The highest BCUT2D eigenvalue weighted by Gasteiger charge is 2.30. The zero-order chi connectivity index (χ0) is 21.8. The van der Waals surface area contributed by atoms with Gasteiger partial charge in [-0.05, 0) is 54.6 Å². The molecule has 162 valence electrons. The Morgan fingerprint density at radius 3 is 2.74 bits per heavy atom. The zero-order valence-corrected chi connectivity index (χ0v) is 18.2. The average molecular weight is 419 g/mol. The van der Waals surface area contributed by atoms with E-state index in [1.54, 1.807) is 0 Å². The molecule has 1 saturated carbocycles. The summed E-state index contributed by atoms with van der Waals surface area (Å²) in [5.74, 6) is 0.923. The lowest BCUT2D eigenvalue weighted by Crippen LogP contribution is -2.39. The summed E-state index contributed by atoms with van der Waals surface area (Å²) in [6.45, 7) is 3.59. The van der Waals surface area contributed by atoms with Gasteiger partial charge in [-0.25, -0.2) is 0 Å². The monoisotopic (exact) mass is 418 g/mol. The van der Waals surface area contributed by atoms with Crippen LogP contribution in [0.4, 0.5) is 5.69 Å². The van der Waals surface area contributed by atoms with Crippen LogP contribution in [-0.4, -0.2) is 38.3 Å². The summed E-state index contributed by atoms with van der Waals surface area (Å²) in [4.78, 5) is 14.7. The van der Waals surface area contributed by atoms with E-state index in [1.165, 1.54) is 0 Å². The molecule has 6 heteroatoms. The molecule has 1 aliphatic carbocycles. The predicted molar refractivity (Wildman–Crippen MR) is 122 cm³/mol. The van der Waals surface area contributed by atoms with Crippen LogP contribution in [0.15, 0.2) is 42.5 Å². The van der Waals surface area contributed by atoms with Gasteiger partial charge in [-0.2, -0.15) is 5.26 Å². The molecule has 0 spiro atoms. The summed E-state index contributed by atoms with van der Waals surface area (Å²) in [5, 5.41) is 15.9. The molecule has 1 fully saturated rings. The number of fused-ring (bicyclic) bond motifs is 1.